The van der Waals surface area contributed by atoms with Gasteiger partial charge in [0.25, 0.3) is 0 Å². The summed E-state index contributed by atoms with van der Waals surface area (Å²) in [6, 6.07) is 15.4. The Hall–Kier alpha value is -0.847. The molecule has 0 aromatic heterocycles. The van der Waals surface area contributed by atoms with Crippen LogP contribution in [0.5, 0.6) is 0 Å². The average Bonchev–Trinajstić information content (AvgIpc) is 2.39. The van der Waals surface area contributed by atoms with Gasteiger partial charge in [-0.2, -0.15) is 0 Å². The van der Waals surface area contributed by atoms with Gasteiger partial charge in [0.1, 0.15) is 0 Å². The van der Waals surface area contributed by atoms with Crippen molar-refractivity contribution in [2.24, 2.45) is 0 Å². The minimum Gasteiger partial charge on any atom is -1.00 e. The van der Waals surface area contributed by atoms with Crippen LogP contribution in [0.4, 0.5) is 11.4 Å². The molecule has 0 aliphatic carbocycles. The zero-order valence-corrected chi connectivity index (χ0v) is 16.7. The van der Waals surface area contributed by atoms with Crippen LogP contribution in [0.15, 0.2) is 48.5 Å². The van der Waals surface area contributed by atoms with Crippen LogP contribution >= 0.6 is 11.6 Å². The number of benzene rings is 2. The quantitative estimate of drug-likeness (QED) is 0.467. The van der Waals surface area contributed by atoms with Crippen molar-refractivity contribution in [3.8, 4) is 0 Å². The van der Waals surface area contributed by atoms with Crippen molar-refractivity contribution in [3.05, 3.63) is 64.1 Å². The van der Waals surface area contributed by atoms with E-state index in [4.69, 9.17) is 17.0 Å². The molecule has 0 unspecified atom stereocenters. The molecule has 2 aromatic carbocycles. The molecule has 0 aliphatic heterocycles. The van der Waals surface area contributed by atoms with Gasteiger partial charge in [-0.25, -0.2) is 0 Å². The molecule has 0 bridgehead atoms. The van der Waals surface area contributed by atoms with Gasteiger partial charge in [-0.1, -0.05) is 41.9 Å². The molecule has 2 aromatic rings. The molecule has 0 saturated heterocycles. The average molecular weight is 395 g/mol. The van der Waals surface area contributed by atoms with Gasteiger partial charge < -0.3 is 29.7 Å². The molecule has 7 heteroatoms. The first-order valence-electron chi connectivity index (χ1n) is 5.60. The summed E-state index contributed by atoms with van der Waals surface area (Å²) in [7, 11) is 1.98. The van der Waals surface area contributed by atoms with E-state index < -0.39 is 0 Å². The summed E-state index contributed by atoms with van der Waals surface area (Å²) in [4.78, 5) is 5.17. The maximum atomic E-state index is 8.68. The summed E-state index contributed by atoms with van der Waals surface area (Å²) >= 11 is 6.16. The van der Waals surface area contributed by atoms with Gasteiger partial charge in [-0.15, -0.1) is 0 Å². The number of rotatable bonds is 3. The normalized spacial score (nSPS) is 8.43. The molecule has 0 heterocycles. The summed E-state index contributed by atoms with van der Waals surface area (Å²) in [5, 5.41) is 9.25. The molecule has 0 amide bonds. The Bertz CT molecular complexity index is 588. The molecule has 0 atom stereocenters. The maximum Gasteiger partial charge on any atom is 0.386 e. The smallest absolute Gasteiger partial charge is 0.386 e. The topological polar surface area (TPSA) is 31.4 Å². The molecule has 0 spiro atoms. The second-order valence-electron chi connectivity index (χ2n) is 4.08. The molecule has 3 nitrogen and oxygen atoms in total. The standard InChI is InChI=1S/C14H13ClN3.2ClH.Zn/c1-18(10-11-5-3-2-4-6-11)14-8-7-12(17-16)9-13(14)15;;;/h2-9H,10H2,1H3;2*1H;/q+1;;;/p-2. The first-order chi connectivity index (χ1) is 8.70. The van der Waals surface area contributed by atoms with Gasteiger partial charge in [0.2, 0.25) is 5.39 Å². The third kappa shape index (κ3) is 6.20. The Balaban J connectivity index is 0. The van der Waals surface area contributed by atoms with Crippen LogP contribution in [0.2, 0.25) is 5.02 Å². The van der Waals surface area contributed by atoms with Gasteiger partial charge in [0, 0.05) is 39.1 Å². The summed E-state index contributed by atoms with van der Waals surface area (Å²) < 4.78 is 0. The van der Waals surface area contributed by atoms with Crippen molar-refractivity contribution in [1.82, 2.24) is 0 Å². The van der Waals surface area contributed by atoms with Crippen LogP contribution < -0.4 is 29.7 Å². The Morgan fingerprint density at radius 3 is 2.24 bits per heavy atom. The van der Waals surface area contributed by atoms with Crippen molar-refractivity contribution >= 4 is 23.0 Å². The van der Waals surface area contributed by atoms with E-state index in [-0.39, 0.29) is 44.3 Å². The van der Waals surface area contributed by atoms with Crippen molar-refractivity contribution in [2.75, 3.05) is 11.9 Å². The van der Waals surface area contributed by atoms with Crippen LogP contribution in [0, 0.1) is 5.39 Å². The Morgan fingerprint density at radius 1 is 1.10 bits per heavy atom. The third-order valence-electron chi connectivity index (χ3n) is 2.72. The van der Waals surface area contributed by atoms with Crippen LogP contribution in [-0.2, 0) is 26.0 Å². The van der Waals surface area contributed by atoms with E-state index in [2.05, 4.69) is 22.0 Å². The summed E-state index contributed by atoms with van der Waals surface area (Å²) in [6.45, 7) is 0.774. The molecular weight excluding hydrogens is 382 g/mol. The van der Waals surface area contributed by atoms with Gasteiger partial charge >= 0.3 is 5.69 Å². The fourth-order valence-corrected chi connectivity index (χ4v) is 2.13. The first-order valence-corrected chi connectivity index (χ1v) is 5.98. The Labute approximate surface area is 154 Å². The molecular formula is C14H13Cl3N3Zn-. The summed E-state index contributed by atoms with van der Waals surface area (Å²) in [6.07, 6.45) is 0. The second-order valence-corrected chi connectivity index (χ2v) is 4.48. The molecule has 0 saturated carbocycles. The summed E-state index contributed by atoms with van der Waals surface area (Å²) in [5.74, 6) is 0. The molecule has 21 heavy (non-hydrogen) atoms. The van der Waals surface area contributed by atoms with Crippen LogP contribution in [0.1, 0.15) is 5.56 Å². The monoisotopic (exact) mass is 392 g/mol. The van der Waals surface area contributed by atoms with Gasteiger partial charge in [0.15, 0.2) is 4.98 Å². The van der Waals surface area contributed by atoms with Crippen LogP contribution in [0.3, 0.4) is 0 Å². The first kappa shape index (κ1) is 22.4. The molecule has 0 aliphatic rings. The number of anilines is 1. The van der Waals surface area contributed by atoms with E-state index in [0.717, 1.165) is 12.2 Å². The predicted octanol–water partition coefficient (Wildman–Crippen LogP) is -1.53. The van der Waals surface area contributed by atoms with Gasteiger partial charge in [-0.05, 0) is 11.6 Å². The molecule has 108 valence electrons. The van der Waals surface area contributed by atoms with Crippen molar-refractivity contribution < 1.29 is 44.3 Å². The molecule has 0 N–H and O–H groups in total. The van der Waals surface area contributed by atoms with E-state index in [1.807, 2.05) is 31.3 Å². The molecule has 0 fully saturated rings. The zero-order chi connectivity index (χ0) is 13.0. The Morgan fingerprint density at radius 2 is 1.71 bits per heavy atom. The number of hydrogen-bond acceptors (Lipinski definition) is 2. The fourth-order valence-electron chi connectivity index (χ4n) is 1.81. The van der Waals surface area contributed by atoms with E-state index in [0.29, 0.717) is 10.7 Å². The second kappa shape index (κ2) is 10.8. The molecule has 0 radical (unpaired) electrons. The largest absolute Gasteiger partial charge is 1.00 e. The number of nitrogens with zero attached hydrogens (tertiary/aromatic N) is 3. The van der Waals surface area contributed by atoms with E-state index in [1.54, 1.807) is 12.1 Å². The number of hydrogen-bond donors (Lipinski definition) is 0. The molecule has 2 rings (SSSR count). The van der Waals surface area contributed by atoms with Crippen molar-refractivity contribution in [2.45, 2.75) is 6.54 Å². The minimum atomic E-state index is 0. The summed E-state index contributed by atoms with van der Waals surface area (Å²) in [5.41, 5.74) is 2.58. The van der Waals surface area contributed by atoms with E-state index in [1.165, 1.54) is 5.56 Å². The predicted molar refractivity (Wildman–Crippen MR) is 74.7 cm³/mol. The fraction of sp³-hybridized carbons (Fsp3) is 0.143. The van der Waals surface area contributed by atoms with Crippen LogP contribution in [-0.4, -0.2) is 7.05 Å². The van der Waals surface area contributed by atoms with Gasteiger partial charge in [0.05, 0.1) is 16.8 Å². The van der Waals surface area contributed by atoms with Crippen molar-refractivity contribution in [1.29, 1.82) is 5.39 Å². The van der Waals surface area contributed by atoms with E-state index >= 15 is 0 Å². The van der Waals surface area contributed by atoms with E-state index in [9.17, 15) is 0 Å². The number of diazo groups is 1. The van der Waals surface area contributed by atoms with Crippen LogP contribution in [0.25, 0.3) is 4.98 Å². The maximum absolute atomic E-state index is 8.68. The van der Waals surface area contributed by atoms with Gasteiger partial charge in [-0.3, -0.25) is 0 Å². The minimum absolute atomic E-state index is 0. The SMILES string of the molecule is CN(Cc1ccccc1)c1ccc([N+]#N)cc1Cl.[Cl-].[Cl-].[Zn]. The van der Waals surface area contributed by atoms with Crippen molar-refractivity contribution in [3.63, 3.8) is 0 Å². The third-order valence-corrected chi connectivity index (χ3v) is 3.02. The Kier molecular flexibility index (Phi) is 11.6. The number of halogens is 3. The zero-order valence-electron chi connectivity index (χ0n) is 11.5.